The first-order valence-electron chi connectivity index (χ1n) is 7.14. The van der Waals surface area contributed by atoms with E-state index < -0.39 is 0 Å². The Labute approximate surface area is 124 Å². The maximum absolute atomic E-state index is 5.97. The van der Waals surface area contributed by atoms with Crippen LogP contribution in [0.5, 0.6) is 0 Å². The first-order valence-corrected chi connectivity index (χ1v) is 7.14. The molecule has 21 heavy (non-hydrogen) atoms. The molecule has 0 radical (unpaired) electrons. The maximum Gasteiger partial charge on any atom is 0.130 e. The molecule has 0 bridgehead atoms. The van der Waals surface area contributed by atoms with Crippen LogP contribution in [-0.4, -0.2) is 15.0 Å². The van der Waals surface area contributed by atoms with Gasteiger partial charge in [-0.05, 0) is 19.1 Å². The van der Waals surface area contributed by atoms with Gasteiger partial charge in [0.15, 0.2) is 0 Å². The molecule has 0 amide bonds. The van der Waals surface area contributed by atoms with Crippen molar-refractivity contribution >= 4 is 16.7 Å². The van der Waals surface area contributed by atoms with Gasteiger partial charge in [0.2, 0.25) is 0 Å². The number of nitrogens with two attached hydrogens (primary N) is 1. The van der Waals surface area contributed by atoms with Gasteiger partial charge in [0.1, 0.15) is 11.6 Å². The molecule has 0 atom stereocenters. The summed E-state index contributed by atoms with van der Waals surface area (Å²) in [4.78, 5) is 13.6. The van der Waals surface area contributed by atoms with Gasteiger partial charge in [-0.15, -0.1) is 0 Å². The first-order chi connectivity index (χ1) is 10.2. The van der Waals surface area contributed by atoms with Crippen molar-refractivity contribution in [3.05, 3.63) is 59.2 Å². The number of aromatic nitrogens is 3. The molecule has 0 aliphatic rings. The Kier molecular flexibility index (Phi) is 3.52. The van der Waals surface area contributed by atoms with Gasteiger partial charge >= 0.3 is 0 Å². The monoisotopic (exact) mass is 278 g/mol. The van der Waals surface area contributed by atoms with Gasteiger partial charge in [0.05, 0.1) is 11.2 Å². The van der Waals surface area contributed by atoms with Gasteiger partial charge in [-0.3, -0.25) is 4.98 Å². The number of nitrogens with zero attached hydrogens (tertiary/aromatic N) is 3. The maximum atomic E-state index is 5.97. The highest BCUT2D eigenvalue weighted by Crippen LogP contribution is 2.18. The van der Waals surface area contributed by atoms with Crippen molar-refractivity contribution in [1.29, 1.82) is 0 Å². The molecular weight excluding hydrogens is 260 g/mol. The van der Waals surface area contributed by atoms with Crippen LogP contribution in [0.2, 0.25) is 0 Å². The topological polar surface area (TPSA) is 64.7 Å². The number of hydrogen-bond acceptors (Lipinski definition) is 4. The minimum Gasteiger partial charge on any atom is -0.383 e. The third-order valence-corrected chi connectivity index (χ3v) is 3.65. The van der Waals surface area contributed by atoms with Gasteiger partial charge in [0.25, 0.3) is 0 Å². The summed E-state index contributed by atoms with van der Waals surface area (Å²) >= 11 is 0. The number of pyridine rings is 1. The molecule has 0 unspecified atom stereocenters. The molecule has 0 saturated heterocycles. The zero-order valence-electron chi connectivity index (χ0n) is 12.3. The number of aryl methyl sites for hydroxylation is 1. The normalized spacial score (nSPS) is 11.0. The lowest BCUT2D eigenvalue weighted by molar-refractivity contribution is 0.881. The molecule has 106 valence electrons. The van der Waals surface area contributed by atoms with E-state index in [9.17, 15) is 0 Å². The minimum absolute atomic E-state index is 0.567. The Balaban J connectivity index is 2.00. The lowest BCUT2D eigenvalue weighted by Gasteiger charge is -2.09. The highest BCUT2D eigenvalue weighted by molar-refractivity contribution is 5.78. The number of benzene rings is 1. The molecular formula is C17H18N4. The third kappa shape index (κ3) is 2.70. The Hall–Kier alpha value is -2.49. The van der Waals surface area contributed by atoms with E-state index >= 15 is 0 Å². The van der Waals surface area contributed by atoms with Gasteiger partial charge in [-0.1, -0.05) is 31.2 Å². The quantitative estimate of drug-likeness (QED) is 0.799. The molecule has 4 heteroatoms. The molecule has 2 aromatic heterocycles. The largest absolute Gasteiger partial charge is 0.383 e. The summed E-state index contributed by atoms with van der Waals surface area (Å²) in [5, 5.41) is 1.15. The zero-order chi connectivity index (χ0) is 14.8. The van der Waals surface area contributed by atoms with E-state index in [1.165, 1.54) is 0 Å². The Morgan fingerprint density at radius 1 is 1.00 bits per heavy atom. The van der Waals surface area contributed by atoms with Crippen molar-refractivity contribution in [2.75, 3.05) is 5.73 Å². The second-order valence-corrected chi connectivity index (χ2v) is 5.12. The van der Waals surface area contributed by atoms with Gasteiger partial charge in [0, 0.05) is 29.5 Å². The summed E-state index contributed by atoms with van der Waals surface area (Å²) in [6, 6.07) is 12.3. The van der Waals surface area contributed by atoms with E-state index in [2.05, 4.69) is 22.1 Å². The minimum atomic E-state index is 0.567. The molecule has 0 saturated carbocycles. The number of rotatable bonds is 3. The van der Waals surface area contributed by atoms with Crippen LogP contribution in [-0.2, 0) is 12.8 Å². The summed E-state index contributed by atoms with van der Waals surface area (Å²) in [5.41, 5.74) is 9.88. The summed E-state index contributed by atoms with van der Waals surface area (Å²) in [6.07, 6.45) is 1.46. The van der Waals surface area contributed by atoms with E-state index in [4.69, 9.17) is 10.7 Å². The molecule has 2 N–H and O–H groups in total. The predicted molar refractivity (Wildman–Crippen MR) is 85.1 cm³/mol. The molecule has 0 aliphatic heterocycles. The summed E-state index contributed by atoms with van der Waals surface area (Å²) < 4.78 is 0. The third-order valence-electron chi connectivity index (χ3n) is 3.65. The van der Waals surface area contributed by atoms with Gasteiger partial charge in [-0.25, -0.2) is 9.97 Å². The average molecular weight is 278 g/mol. The van der Waals surface area contributed by atoms with Crippen molar-refractivity contribution in [1.82, 2.24) is 15.0 Å². The van der Waals surface area contributed by atoms with Crippen molar-refractivity contribution in [2.24, 2.45) is 0 Å². The molecule has 2 heterocycles. The van der Waals surface area contributed by atoms with Crippen LogP contribution in [0.4, 0.5) is 5.82 Å². The first kappa shape index (κ1) is 13.5. The van der Waals surface area contributed by atoms with Crippen LogP contribution in [0.3, 0.4) is 0 Å². The molecule has 0 spiro atoms. The molecule has 0 aliphatic carbocycles. The fourth-order valence-electron chi connectivity index (χ4n) is 2.34. The van der Waals surface area contributed by atoms with E-state index in [1.807, 2.05) is 38.1 Å². The van der Waals surface area contributed by atoms with Crippen LogP contribution in [0.1, 0.15) is 29.7 Å². The molecule has 3 rings (SSSR count). The highest BCUT2D eigenvalue weighted by atomic mass is 15.0. The van der Waals surface area contributed by atoms with Crippen molar-refractivity contribution in [3.63, 3.8) is 0 Å². The molecule has 1 aromatic carbocycles. The summed E-state index contributed by atoms with van der Waals surface area (Å²) in [6.45, 7) is 3.99. The summed E-state index contributed by atoms with van der Waals surface area (Å²) in [7, 11) is 0. The second-order valence-electron chi connectivity index (χ2n) is 5.12. The van der Waals surface area contributed by atoms with E-state index in [1.54, 1.807) is 0 Å². The molecule has 0 fully saturated rings. The van der Waals surface area contributed by atoms with Crippen LogP contribution in [0, 0.1) is 6.92 Å². The molecule has 3 aromatic rings. The number of fused-ring (bicyclic) bond motifs is 1. The van der Waals surface area contributed by atoms with Gasteiger partial charge < -0.3 is 5.73 Å². The van der Waals surface area contributed by atoms with Gasteiger partial charge in [-0.2, -0.15) is 0 Å². The highest BCUT2D eigenvalue weighted by Gasteiger charge is 2.09. The number of hydrogen-bond donors (Lipinski definition) is 1. The van der Waals surface area contributed by atoms with Crippen LogP contribution in [0.25, 0.3) is 10.9 Å². The lowest BCUT2D eigenvalue weighted by atomic mass is 10.1. The van der Waals surface area contributed by atoms with Crippen molar-refractivity contribution in [3.8, 4) is 0 Å². The fraction of sp³-hybridized carbons (Fsp3) is 0.235. The molecule has 4 nitrogen and oxygen atoms in total. The Bertz CT molecular complexity index is 796. The average Bonchev–Trinajstić information content (AvgIpc) is 2.51. The van der Waals surface area contributed by atoms with Crippen LogP contribution < -0.4 is 5.73 Å². The summed E-state index contributed by atoms with van der Waals surface area (Å²) in [5.74, 6) is 1.35. The predicted octanol–water partition coefficient (Wildman–Crippen LogP) is 3.07. The standard InChI is InChI=1S/C17H18N4/c1-3-16-20-15(11(2)17(18)21-16)10-13-9-8-12-6-4-5-7-14(12)19-13/h4-9H,3,10H2,1-2H3,(H2,18,20,21). The number of para-hydroxylation sites is 1. The number of anilines is 1. The smallest absolute Gasteiger partial charge is 0.130 e. The number of nitrogen functional groups attached to an aromatic ring is 1. The van der Waals surface area contributed by atoms with Crippen LogP contribution in [0.15, 0.2) is 36.4 Å². The van der Waals surface area contributed by atoms with E-state index in [-0.39, 0.29) is 0 Å². The Morgan fingerprint density at radius 3 is 2.62 bits per heavy atom. The SMILES string of the molecule is CCc1nc(N)c(C)c(Cc2ccc3ccccc3n2)n1. The van der Waals surface area contributed by atoms with Crippen molar-refractivity contribution < 1.29 is 0 Å². The van der Waals surface area contributed by atoms with E-state index in [0.29, 0.717) is 12.2 Å². The second kappa shape index (κ2) is 5.48. The lowest BCUT2D eigenvalue weighted by Crippen LogP contribution is -2.07. The van der Waals surface area contributed by atoms with Crippen LogP contribution >= 0.6 is 0 Å². The fourth-order valence-corrected chi connectivity index (χ4v) is 2.34. The Morgan fingerprint density at radius 2 is 1.81 bits per heavy atom. The van der Waals surface area contributed by atoms with E-state index in [0.717, 1.165) is 40.1 Å². The van der Waals surface area contributed by atoms with Crippen molar-refractivity contribution in [2.45, 2.75) is 26.7 Å². The zero-order valence-corrected chi connectivity index (χ0v) is 12.3.